The predicted octanol–water partition coefficient (Wildman–Crippen LogP) is 3.20. The molecule has 0 aromatic rings. The molecule has 0 aromatic carbocycles. The molecule has 0 aromatic heterocycles. The van der Waals surface area contributed by atoms with Crippen LogP contribution in [0.1, 0.15) is 41.5 Å². The zero-order valence-electron chi connectivity index (χ0n) is 10.2. The van der Waals surface area contributed by atoms with Crippen LogP contribution >= 0.6 is 0 Å². The van der Waals surface area contributed by atoms with Crippen LogP contribution in [0, 0.1) is 11.5 Å². The molecule has 1 aliphatic carbocycles. The van der Waals surface area contributed by atoms with Crippen molar-refractivity contribution in [3.05, 3.63) is 22.8 Å². The maximum atomic E-state index is 9.00. The van der Waals surface area contributed by atoms with Crippen LogP contribution in [0.4, 0.5) is 0 Å². The van der Waals surface area contributed by atoms with E-state index in [1.807, 2.05) is 0 Å². The van der Waals surface area contributed by atoms with Crippen molar-refractivity contribution in [1.82, 2.24) is 0 Å². The molecule has 89 valence electrons. The molecule has 0 atom stereocenters. The van der Waals surface area contributed by atoms with Gasteiger partial charge in [-0.15, -0.1) is 6.92 Å². The quantitative estimate of drug-likeness (QED) is 0.648. The van der Waals surface area contributed by atoms with Crippen LogP contribution < -0.4 is 0 Å². The summed E-state index contributed by atoms with van der Waals surface area (Å²) in [6, 6.07) is 0. The van der Waals surface area contributed by atoms with E-state index in [-0.39, 0.29) is 25.5 Å². The average Bonchev–Trinajstić information content (AvgIpc) is 2.13. The fourth-order valence-electron chi connectivity index (χ4n) is 1.41. The summed E-state index contributed by atoms with van der Waals surface area (Å²) < 4.78 is 0. The van der Waals surface area contributed by atoms with Gasteiger partial charge in [-0.25, -0.2) is 5.57 Å². The molecule has 3 heteroatoms. The van der Waals surface area contributed by atoms with E-state index in [9.17, 15) is 0 Å². The zero-order valence-corrected chi connectivity index (χ0v) is 12.6. The van der Waals surface area contributed by atoms with E-state index in [4.69, 9.17) is 9.90 Å². The number of carbonyl (C=O) groups is 1. The number of rotatable bonds is 0. The van der Waals surface area contributed by atoms with Crippen LogP contribution in [0.2, 0.25) is 0 Å². The standard InChI is InChI=1S/C10H15.C2H4O2.Ir/c1-7-6-10(4,5)9(3)8(7)2;1-2(3)4;/h1-5H3;1H3,(H,3,4);/q-1;;. The first kappa shape index (κ1) is 17.0. The molecule has 0 fully saturated rings. The summed E-state index contributed by atoms with van der Waals surface area (Å²) in [6.45, 7) is 12.0. The van der Waals surface area contributed by atoms with Gasteiger partial charge in [-0.1, -0.05) is 33.1 Å². The molecule has 1 N–H and O–H groups in total. The molecule has 1 radical (unpaired) electrons. The van der Waals surface area contributed by atoms with Crippen molar-refractivity contribution in [3.8, 4) is 0 Å². The van der Waals surface area contributed by atoms with Gasteiger partial charge < -0.3 is 5.11 Å². The molecule has 1 aliphatic rings. The number of hydrogen-bond acceptors (Lipinski definition) is 1. The van der Waals surface area contributed by atoms with Crippen LogP contribution in [0.15, 0.2) is 16.7 Å². The first-order valence-electron chi connectivity index (χ1n) is 4.68. The summed E-state index contributed by atoms with van der Waals surface area (Å²) in [7, 11) is 0. The Labute approximate surface area is 106 Å². The summed E-state index contributed by atoms with van der Waals surface area (Å²) in [6.07, 6.45) is 3.44. The van der Waals surface area contributed by atoms with Crippen molar-refractivity contribution < 1.29 is 30.0 Å². The Balaban J connectivity index is 0. The second-order valence-corrected chi connectivity index (χ2v) is 4.14. The minimum atomic E-state index is -0.833. The van der Waals surface area contributed by atoms with Gasteiger partial charge in [0.1, 0.15) is 0 Å². The maximum Gasteiger partial charge on any atom is 0.300 e. The number of allylic oxidation sites excluding steroid dienone is 4. The van der Waals surface area contributed by atoms with Gasteiger partial charge in [0.05, 0.1) is 0 Å². The fraction of sp³-hybridized carbons (Fsp3) is 0.583. The summed E-state index contributed by atoms with van der Waals surface area (Å²) in [5.74, 6) is -0.833. The normalized spacial score (nSPS) is 17.3. The Bertz CT molecular complexity index is 295. The molecule has 15 heavy (non-hydrogen) atoms. The molecular formula is C12H19IrO2-. The number of aliphatic carboxylic acids is 1. The van der Waals surface area contributed by atoms with Crippen LogP contribution in [0.5, 0.6) is 0 Å². The average molecular weight is 387 g/mol. The molecule has 2 nitrogen and oxygen atoms in total. The van der Waals surface area contributed by atoms with Crippen molar-refractivity contribution >= 4 is 5.97 Å². The molecule has 0 aliphatic heterocycles. The van der Waals surface area contributed by atoms with Crippen LogP contribution in [-0.4, -0.2) is 11.1 Å². The van der Waals surface area contributed by atoms with Crippen LogP contribution in [0.25, 0.3) is 0 Å². The van der Waals surface area contributed by atoms with Gasteiger partial charge >= 0.3 is 0 Å². The van der Waals surface area contributed by atoms with E-state index in [0.29, 0.717) is 0 Å². The molecule has 0 spiro atoms. The van der Waals surface area contributed by atoms with Gasteiger partial charge in [-0.3, -0.25) is 10.9 Å². The minimum absolute atomic E-state index is 0. The van der Waals surface area contributed by atoms with Crippen molar-refractivity contribution in [1.29, 1.82) is 0 Å². The third kappa shape index (κ3) is 5.29. The van der Waals surface area contributed by atoms with Crippen LogP contribution in [-0.2, 0) is 24.9 Å². The zero-order chi connectivity index (χ0) is 11.5. The Morgan fingerprint density at radius 1 is 1.27 bits per heavy atom. The van der Waals surface area contributed by atoms with Gasteiger partial charge in [0, 0.05) is 27.0 Å². The second kappa shape index (κ2) is 6.24. The molecule has 1 rings (SSSR count). The Morgan fingerprint density at radius 2 is 1.60 bits per heavy atom. The SMILES string of the molecule is CC(=O)O.CC1=[C-]C(C)(C)C(C)=C1C.[Ir]. The Hall–Kier alpha value is -0.401. The summed E-state index contributed by atoms with van der Waals surface area (Å²) in [5, 5.41) is 7.42. The minimum Gasteiger partial charge on any atom is -0.481 e. The maximum absolute atomic E-state index is 9.00. The summed E-state index contributed by atoms with van der Waals surface area (Å²) in [5.41, 5.74) is 4.39. The van der Waals surface area contributed by atoms with Crippen molar-refractivity contribution in [3.63, 3.8) is 0 Å². The van der Waals surface area contributed by atoms with Gasteiger partial charge in [-0.05, 0) is 0 Å². The Morgan fingerprint density at radius 3 is 1.67 bits per heavy atom. The van der Waals surface area contributed by atoms with E-state index in [2.05, 4.69) is 40.7 Å². The largest absolute Gasteiger partial charge is 0.481 e. The molecule has 0 bridgehead atoms. The van der Waals surface area contributed by atoms with Crippen molar-refractivity contribution in [2.24, 2.45) is 5.41 Å². The van der Waals surface area contributed by atoms with Gasteiger partial charge in [0.15, 0.2) is 0 Å². The fourth-order valence-corrected chi connectivity index (χ4v) is 1.41. The molecular weight excluding hydrogens is 368 g/mol. The van der Waals surface area contributed by atoms with E-state index >= 15 is 0 Å². The molecule has 0 saturated heterocycles. The molecule has 0 heterocycles. The smallest absolute Gasteiger partial charge is 0.300 e. The number of hydrogen-bond donors (Lipinski definition) is 1. The van der Waals surface area contributed by atoms with E-state index in [1.165, 1.54) is 16.7 Å². The van der Waals surface area contributed by atoms with E-state index < -0.39 is 5.97 Å². The monoisotopic (exact) mass is 388 g/mol. The van der Waals surface area contributed by atoms with E-state index in [0.717, 1.165) is 6.92 Å². The third-order valence-electron chi connectivity index (χ3n) is 2.56. The summed E-state index contributed by atoms with van der Waals surface area (Å²) >= 11 is 0. The number of carboxylic acids is 1. The molecule has 0 amide bonds. The van der Waals surface area contributed by atoms with Crippen molar-refractivity contribution in [2.45, 2.75) is 41.5 Å². The first-order valence-corrected chi connectivity index (χ1v) is 4.68. The Kier molecular flexibility index (Phi) is 7.08. The van der Waals surface area contributed by atoms with Gasteiger partial charge in [-0.2, -0.15) is 11.1 Å². The second-order valence-electron chi connectivity index (χ2n) is 4.14. The predicted molar refractivity (Wildman–Crippen MR) is 57.9 cm³/mol. The molecule has 0 unspecified atom stereocenters. The third-order valence-corrected chi connectivity index (χ3v) is 2.56. The summed E-state index contributed by atoms with van der Waals surface area (Å²) in [4.78, 5) is 9.00. The molecule has 0 saturated carbocycles. The van der Waals surface area contributed by atoms with Crippen molar-refractivity contribution in [2.75, 3.05) is 0 Å². The van der Waals surface area contributed by atoms with Crippen LogP contribution in [0.3, 0.4) is 0 Å². The topological polar surface area (TPSA) is 37.3 Å². The number of carboxylic acid groups (broad SMARTS) is 1. The first-order chi connectivity index (χ1) is 6.18. The van der Waals surface area contributed by atoms with Gasteiger partial charge in [0.25, 0.3) is 5.97 Å². The van der Waals surface area contributed by atoms with Gasteiger partial charge in [0.2, 0.25) is 0 Å². The van der Waals surface area contributed by atoms with E-state index in [1.54, 1.807) is 0 Å².